The zero-order valence-electron chi connectivity index (χ0n) is 8.20. The molecule has 74 valence electrons. The molecule has 0 bridgehead atoms. The summed E-state index contributed by atoms with van der Waals surface area (Å²) in [5.74, 6) is -0.941. The highest BCUT2D eigenvalue weighted by molar-refractivity contribution is 5.96. The molecule has 1 fully saturated rings. The van der Waals surface area contributed by atoms with Crippen LogP contribution in [0.3, 0.4) is 0 Å². The lowest BCUT2D eigenvalue weighted by Crippen LogP contribution is -2.44. The van der Waals surface area contributed by atoms with Crippen molar-refractivity contribution >= 4 is 11.8 Å². The van der Waals surface area contributed by atoms with Gasteiger partial charge in [-0.2, -0.15) is 5.06 Å². The summed E-state index contributed by atoms with van der Waals surface area (Å²) in [5, 5.41) is 9.20. The van der Waals surface area contributed by atoms with Crippen molar-refractivity contribution in [2.45, 2.75) is 33.6 Å². The van der Waals surface area contributed by atoms with E-state index >= 15 is 0 Å². The Labute approximate surface area is 77.5 Å². The Morgan fingerprint density at radius 1 is 1.23 bits per heavy atom. The number of hydroxylamine groups is 2. The van der Waals surface area contributed by atoms with E-state index in [2.05, 4.69) is 0 Å². The Morgan fingerprint density at radius 2 is 1.62 bits per heavy atom. The monoisotopic (exact) mass is 185 g/mol. The van der Waals surface area contributed by atoms with Gasteiger partial charge in [0.2, 0.25) is 0 Å². The molecule has 4 heteroatoms. The molecule has 2 amide bonds. The van der Waals surface area contributed by atoms with Gasteiger partial charge in [-0.1, -0.05) is 20.8 Å². The second-order valence-corrected chi connectivity index (χ2v) is 4.57. The second kappa shape index (κ2) is 3.10. The SMILES string of the molecule is CC(C)(C)C1CC(=O)N(O)C(=O)C1. The predicted octanol–water partition coefficient (Wildman–Crippen LogP) is 1.19. The highest BCUT2D eigenvalue weighted by Crippen LogP contribution is 2.34. The normalized spacial score (nSPS) is 21.1. The van der Waals surface area contributed by atoms with Crippen LogP contribution in [-0.4, -0.2) is 22.1 Å². The molecule has 4 nitrogen and oxygen atoms in total. The van der Waals surface area contributed by atoms with Crippen molar-refractivity contribution in [1.82, 2.24) is 5.06 Å². The van der Waals surface area contributed by atoms with E-state index in [1.165, 1.54) is 0 Å². The maximum Gasteiger partial charge on any atom is 0.253 e. The fourth-order valence-electron chi connectivity index (χ4n) is 1.42. The largest absolute Gasteiger partial charge is 0.279 e. The van der Waals surface area contributed by atoms with Gasteiger partial charge in [-0.05, 0) is 11.3 Å². The van der Waals surface area contributed by atoms with Crippen LogP contribution in [0.4, 0.5) is 0 Å². The number of carbonyl (C=O) groups is 2. The lowest BCUT2D eigenvalue weighted by molar-refractivity contribution is -0.187. The second-order valence-electron chi connectivity index (χ2n) is 4.57. The van der Waals surface area contributed by atoms with Crippen molar-refractivity contribution in [2.75, 3.05) is 0 Å². The van der Waals surface area contributed by atoms with E-state index in [0.29, 0.717) is 0 Å². The zero-order valence-corrected chi connectivity index (χ0v) is 8.20. The molecule has 0 atom stereocenters. The maximum atomic E-state index is 11.1. The van der Waals surface area contributed by atoms with Gasteiger partial charge in [-0.25, -0.2) is 0 Å². The van der Waals surface area contributed by atoms with E-state index in [4.69, 9.17) is 5.21 Å². The molecule has 0 aromatic rings. The van der Waals surface area contributed by atoms with Gasteiger partial charge in [-0.15, -0.1) is 0 Å². The van der Waals surface area contributed by atoms with E-state index in [1.807, 2.05) is 20.8 Å². The molecule has 1 aliphatic rings. The van der Waals surface area contributed by atoms with Crippen molar-refractivity contribution in [3.8, 4) is 0 Å². The first-order valence-electron chi connectivity index (χ1n) is 4.37. The number of imide groups is 1. The van der Waals surface area contributed by atoms with Crippen LogP contribution < -0.4 is 0 Å². The molecule has 1 N–H and O–H groups in total. The highest BCUT2D eigenvalue weighted by atomic mass is 16.5. The molecule has 1 heterocycles. The summed E-state index contributed by atoms with van der Waals surface area (Å²) in [5.41, 5.74) is -0.0629. The first-order valence-corrected chi connectivity index (χ1v) is 4.37. The minimum atomic E-state index is -0.490. The molecule has 0 radical (unpaired) electrons. The van der Waals surface area contributed by atoms with Crippen molar-refractivity contribution < 1.29 is 14.8 Å². The first-order chi connectivity index (χ1) is 5.82. The summed E-state index contributed by atoms with van der Waals surface area (Å²) >= 11 is 0. The summed E-state index contributed by atoms with van der Waals surface area (Å²) in [7, 11) is 0. The smallest absolute Gasteiger partial charge is 0.253 e. The van der Waals surface area contributed by atoms with Crippen LogP contribution in [0.25, 0.3) is 0 Å². The standard InChI is InChI=1S/C9H15NO3/c1-9(2,3)6-4-7(11)10(13)8(12)5-6/h6,13H,4-5H2,1-3H3. The summed E-state index contributed by atoms with van der Waals surface area (Å²) in [6.45, 7) is 5.97. The molecule has 0 aromatic carbocycles. The molecular formula is C9H15NO3. The van der Waals surface area contributed by atoms with Gasteiger partial charge in [0.1, 0.15) is 0 Å². The average molecular weight is 185 g/mol. The van der Waals surface area contributed by atoms with Crippen molar-refractivity contribution in [1.29, 1.82) is 0 Å². The quantitative estimate of drug-likeness (QED) is 0.455. The summed E-state index contributed by atoms with van der Waals surface area (Å²) in [6.07, 6.45) is 0.511. The van der Waals surface area contributed by atoms with Gasteiger partial charge in [0.25, 0.3) is 11.8 Å². The Hall–Kier alpha value is -0.900. The Morgan fingerprint density at radius 3 is 1.92 bits per heavy atom. The minimum absolute atomic E-state index is 0.0379. The summed E-state index contributed by atoms with van der Waals surface area (Å²) in [6, 6.07) is 0. The molecule has 13 heavy (non-hydrogen) atoms. The van der Waals surface area contributed by atoms with Gasteiger partial charge >= 0.3 is 0 Å². The fraction of sp³-hybridized carbons (Fsp3) is 0.778. The minimum Gasteiger partial charge on any atom is -0.279 e. The maximum absolute atomic E-state index is 11.1. The van der Waals surface area contributed by atoms with E-state index < -0.39 is 11.8 Å². The van der Waals surface area contributed by atoms with E-state index in [0.717, 1.165) is 0 Å². The Kier molecular flexibility index (Phi) is 2.43. The molecule has 0 unspecified atom stereocenters. The van der Waals surface area contributed by atoms with E-state index in [-0.39, 0.29) is 29.2 Å². The van der Waals surface area contributed by atoms with Crippen LogP contribution in [0.2, 0.25) is 0 Å². The van der Waals surface area contributed by atoms with Crippen LogP contribution >= 0.6 is 0 Å². The third-order valence-corrected chi connectivity index (χ3v) is 2.54. The molecule has 1 aliphatic heterocycles. The van der Waals surface area contributed by atoms with E-state index in [1.54, 1.807) is 0 Å². The molecule has 1 rings (SSSR count). The Bertz CT molecular complexity index is 224. The third-order valence-electron chi connectivity index (χ3n) is 2.54. The summed E-state index contributed by atoms with van der Waals surface area (Å²) in [4.78, 5) is 22.2. The number of carbonyl (C=O) groups excluding carboxylic acids is 2. The number of nitrogens with zero attached hydrogens (tertiary/aromatic N) is 1. The van der Waals surface area contributed by atoms with Gasteiger partial charge < -0.3 is 0 Å². The van der Waals surface area contributed by atoms with Crippen LogP contribution in [0.1, 0.15) is 33.6 Å². The van der Waals surface area contributed by atoms with Gasteiger partial charge in [0, 0.05) is 12.8 Å². The summed E-state index contributed by atoms with van der Waals surface area (Å²) < 4.78 is 0. The average Bonchev–Trinajstić information content (AvgIpc) is 1.97. The number of piperidine rings is 1. The van der Waals surface area contributed by atoms with Crippen LogP contribution in [0, 0.1) is 11.3 Å². The zero-order chi connectivity index (χ0) is 10.2. The van der Waals surface area contributed by atoms with Gasteiger partial charge in [0.05, 0.1) is 0 Å². The van der Waals surface area contributed by atoms with Gasteiger partial charge in [0.15, 0.2) is 0 Å². The van der Waals surface area contributed by atoms with Gasteiger partial charge in [-0.3, -0.25) is 14.8 Å². The number of rotatable bonds is 0. The topological polar surface area (TPSA) is 57.6 Å². The van der Waals surface area contributed by atoms with E-state index in [9.17, 15) is 9.59 Å². The van der Waals surface area contributed by atoms with Crippen molar-refractivity contribution in [2.24, 2.45) is 11.3 Å². The first kappa shape index (κ1) is 10.2. The number of hydrogen-bond acceptors (Lipinski definition) is 3. The lowest BCUT2D eigenvalue weighted by Gasteiger charge is -2.34. The number of amides is 2. The third kappa shape index (κ3) is 2.06. The highest BCUT2D eigenvalue weighted by Gasteiger charge is 2.37. The molecule has 1 saturated heterocycles. The molecule has 0 aliphatic carbocycles. The van der Waals surface area contributed by atoms with Crippen molar-refractivity contribution in [3.05, 3.63) is 0 Å². The molecule has 0 aromatic heterocycles. The van der Waals surface area contributed by atoms with Crippen LogP contribution in [0.15, 0.2) is 0 Å². The number of hydrogen-bond donors (Lipinski definition) is 1. The lowest BCUT2D eigenvalue weighted by atomic mass is 9.75. The fourth-order valence-corrected chi connectivity index (χ4v) is 1.42. The van der Waals surface area contributed by atoms with Crippen LogP contribution in [-0.2, 0) is 9.59 Å². The Balaban J connectivity index is 2.75. The molecule has 0 saturated carbocycles. The van der Waals surface area contributed by atoms with Crippen LogP contribution in [0.5, 0.6) is 0 Å². The molecular weight excluding hydrogens is 170 g/mol. The van der Waals surface area contributed by atoms with Crippen molar-refractivity contribution in [3.63, 3.8) is 0 Å². The molecule has 0 spiro atoms. The predicted molar refractivity (Wildman–Crippen MR) is 45.8 cm³/mol.